The molecule has 7 heteroatoms. The van der Waals surface area contributed by atoms with Gasteiger partial charge >= 0.3 is 6.03 Å². The van der Waals surface area contributed by atoms with Crippen molar-refractivity contribution in [3.05, 3.63) is 41.6 Å². The maximum absolute atomic E-state index is 12.7. The molecular weight excluding hydrogens is 350 g/mol. The Balaban J connectivity index is 1.96. The predicted molar refractivity (Wildman–Crippen MR) is 103 cm³/mol. The third kappa shape index (κ3) is 4.86. The van der Waals surface area contributed by atoms with Gasteiger partial charge in [-0.1, -0.05) is 44.0 Å². The largest absolute Gasteiger partial charge is 0.322 e. The van der Waals surface area contributed by atoms with Crippen molar-refractivity contribution in [2.75, 3.05) is 26.2 Å². The van der Waals surface area contributed by atoms with Crippen LogP contribution in [0.1, 0.15) is 33.3 Å². The third-order valence-corrected chi connectivity index (χ3v) is 6.69. The lowest BCUT2D eigenvalue weighted by Crippen LogP contribution is -2.52. The second-order valence-electron chi connectivity index (χ2n) is 7.73. The van der Waals surface area contributed by atoms with Gasteiger partial charge in [-0.2, -0.15) is 4.31 Å². The van der Waals surface area contributed by atoms with Gasteiger partial charge in [-0.15, -0.1) is 0 Å². The van der Waals surface area contributed by atoms with Crippen LogP contribution in [0.15, 0.2) is 40.9 Å². The first-order valence-electron chi connectivity index (χ1n) is 8.81. The van der Waals surface area contributed by atoms with Crippen molar-refractivity contribution in [2.45, 2.75) is 39.5 Å². The van der Waals surface area contributed by atoms with E-state index in [9.17, 15) is 13.2 Å². The Morgan fingerprint density at radius 3 is 2.12 bits per heavy atom. The fraction of sp³-hybridized carbons (Fsp3) is 0.526. The standard InChI is InChI=1S/C19H29N3O3S/c1-15-6-8-17(9-7-15)26(24,25)22-12-10-21(11-13-22)18(23)20-14-16(2)19(3,4)5/h6-9,14H,10-13H2,1-5H3,(H,20,23)/b16-14+. The molecule has 0 bridgehead atoms. The number of rotatable bonds is 3. The maximum Gasteiger partial charge on any atom is 0.321 e. The highest BCUT2D eigenvalue weighted by Crippen LogP contribution is 2.23. The lowest BCUT2D eigenvalue weighted by molar-refractivity contribution is 0.175. The monoisotopic (exact) mass is 379 g/mol. The number of carbonyl (C=O) groups is 1. The van der Waals surface area contributed by atoms with Crippen LogP contribution < -0.4 is 5.32 Å². The van der Waals surface area contributed by atoms with Gasteiger partial charge in [0.2, 0.25) is 10.0 Å². The van der Waals surface area contributed by atoms with Crippen molar-refractivity contribution >= 4 is 16.1 Å². The van der Waals surface area contributed by atoms with Crippen LogP contribution in [0.2, 0.25) is 0 Å². The predicted octanol–water partition coefficient (Wildman–Crippen LogP) is 2.96. The number of aryl methyl sites for hydroxylation is 1. The van der Waals surface area contributed by atoms with Crippen molar-refractivity contribution < 1.29 is 13.2 Å². The zero-order chi connectivity index (χ0) is 19.5. The van der Waals surface area contributed by atoms with Crippen LogP contribution in [0.5, 0.6) is 0 Å². The first-order valence-corrected chi connectivity index (χ1v) is 10.3. The SMILES string of the molecule is C/C(=C\NC(=O)N1CCN(S(=O)(=O)c2ccc(C)cc2)CC1)C(C)(C)C. The van der Waals surface area contributed by atoms with Crippen molar-refractivity contribution in [1.82, 2.24) is 14.5 Å². The molecule has 0 atom stereocenters. The molecule has 1 heterocycles. The van der Waals surface area contributed by atoms with Crippen molar-refractivity contribution in [3.8, 4) is 0 Å². The van der Waals surface area contributed by atoms with Crippen molar-refractivity contribution in [2.24, 2.45) is 5.41 Å². The maximum atomic E-state index is 12.7. The summed E-state index contributed by atoms with van der Waals surface area (Å²) in [4.78, 5) is 14.2. The van der Waals surface area contributed by atoms with Crippen LogP contribution >= 0.6 is 0 Å². The molecule has 1 aromatic rings. The van der Waals surface area contributed by atoms with E-state index in [1.807, 2.05) is 13.8 Å². The van der Waals surface area contributed by atoms with Gasteiger partial charge in [-0.25, -0.2) is 13.2 Å². The van der Waals surface area contributed by atoms with E-state index < -0.39 is 10.0 Å². The number of amides is 2. The van der Waals surface area contributed by atoms with Gasteiger partial charge in [0, 0.05) is 32.4 Å². The minimum absolute atomic E-state index is 0.00586. The number of carbonyl (C=O) groups excluding carboxylic acids is 1. The van der Waals surface area contributed by atoms with Crippen molar-refractivity contribution in [3.63, 3.8) is 0 Å². The van der Waals surface area contributed by atoms with Crippen LogP contribution in [0.4, 0.5) is 4.79 Å². The molecule has 0 radical (unpaired) electrons. The molecule has 2 rings (SSSR count). The fourth-order valence-corrected chi connectivity index (χ4v) is 3.89. The summed E-state index contributed by atoms with van der Waals surface area (Å²) in [5.41, 5.74) is 2.09. The van der Waals surface area contributed by atoms with Crippen LogP contribution in [0.3, 0.4) is 0 Å². The first kappa shape index (κ1) is 20.5. The van der Waals surface area contributed by atoms with E-state index in [1.54, 1.807) is 35.4 Å². The Bertz CT molecular complexity index is 769. The van der Waals surface area contributed by atoms with E-state index >= 15 is 0 Å². The lowest BCUT2D eigenvalue weighted by Gasteiger charge is -2.33. The highest BCUT2D eigenvalue weighted by molar-refractivity contribution is 7.89. The molecule has 1 fully saturated rings. The van der Waals surface area contributed by atoms with Crippen LogP contribution in [-0.4, -0.2) is 49.8 Å². The van der Waals surface area contributed by atoms with Crippen LogP contribution in [0.25, 0.3) is 0 Å². The number of nitrogens with zero attached hydrogens (tertiary/aromatic N) is 2. The molecule has 1 aliphatic heterocycles. The van der Waals surface area contributed by atoms with Crippen LogP contribution in [-0.2, 0) is 10.0 Å². The summed E-state index contributed by atoms with van der Waals surface area (Å²) in [6, 6.07) is 6.65. The Kier molecular flexibility index (Phi) is 6.13. The fourth-order valence-electron chi connectivity index (χ4n) is 2.47. The molecule has 1 N–H and O–H groups in total. The number of nitrogens with one attached hydrogen (secondary N) is 1. The van der Waals surface area contributed by atoms with E-state index in [2.05, 4.69) is 26.1 Å². The molecule has 1 aliphatic rings. The number of allylic oxidation sites excluding steroid dienone is 1. The average Bonchev–Trinajstić information content (AvgIpc) is 2.59. The molecule has 0 aliphatic carbocycles. The molecule has 0 spiro atoms. The molecule has 1 saturated heterocycles. The summed E-state index contributed by atoms with van der Waals surface area (Å²) in [6.45, 7) is 11.5. The van der Waals surface area contributed by atoms with E-state index in [0.29, 0.717) is 31.1 Å². The normalized spacial score (nSPS) is 17.3. The number of piperazine rings is 1. The Labute approximate surface area is 156 Å². The van der Waals surface area contributed by atoms with Gasteiger partial charge in [0.15, 0.2) is 0 Å². The van der Waals surface area contributed by atoms with E-state index in [0.717, 1.165) is 11.1 Å². The molecule has 144 valence electrons. The number of hydrogen-bond donors (Lipinski definition) is 1. The summed E-state index contributed by atoms with van der Waals surface area (Å²) in [7, 11) is -3.51. The zero-order valence-corrected chi connectivity index (χ0v) is 17.1. The molecule has 2 amide bonds. The smallest absolute Gasteiger partial charge is 0.321 e. The topological polar surface area (TPSA) is 69.7 Å². The molecule has 26 heavy (non-hydrogen) atoms. The second kappa shape index (κ2) is 7.80. The third-order valence-electron chi connectivity index (χ3n) is 4.78. The Hall–Kier alpha value is -1.86. The summed E-state index contributed by atoms with van der Waals surface area (Å²) in [5.74, 6) is 0. The number of sulfonamides is 1. The lowest BCUT2D eigenvalue weighted by atomic mass is 9.88. The highest BCUT2D eigenvalue weighted by Gasteiger charge is 2.30. The molecule has 1 aromatic carbocycles. The van der Waals surface area contributed by atoms with E-state index in [1.165, 1.54) is 4.31 Å². The van der Waals surface area contributed by atoms with E-state index in [4.69, 9.17) is 0 Å². The summed E-state index contributed by atoms with van der Waals surface area (Å²) in [6.07, 6.45) is 1.73. The molecule has 0 saturated carbocycles. The molecule has 6 nitrogen and oxygen atoms in total. The van der Waals surface area contributed by atoms with Gasteiger partial charge < -0.3 is 10.2 Å². The number of benzene rings is 1. The summed E-state index contributed by atoms with van der Waals surface area (Å²) >= 11 is 0. The molecule has 0 aromatic heterocycles. The van der Waals surface area contributed by atoms with E-state index in [-0.39, 0.29) is 11.4 Å². The highest BCUT2D eigenvalue weighted by atomic mass is 32.2. The quantitative estimate of drug-likeness (QED) is 0.878. The minimum atomic E-state index is -3.51. The van der Waals surface area contributed by atoms with Gasteiger partial charge in [-0.3, -0.25) is 0 Å². The number of urea groups is 1. The first-order chi connectivity index (χ1) is 12.0. The molecule has 0 unspecified atom stereocenters. The summed E-state index contributed by atoms with van der Waals surface area (Å²) < 4.78 is 26.8. The number of hydrogen-bond acceptors (Lipinski definition) is 3. The Morgan fingerprint density at radius 1 is 1.08 bits per heavy atom. The van der Waals surface area contributed by atoms with Crippen LogP contribution in [0, 0.1) is 12.3 Å². The second-order valence-corrected chi connectivity index (χ2v) is 9.67. The van der Waals surface area contributed by atoms with Gasteiger partial charge in [-0.05, 0) is 31.4 Å². The average molecular weight is 380 g/mol. The Morgan fingerprint density at radius 2 is 1.62 bits per heavy atom. The van der Waals surface area contributed by atoms with Crippen molar-refractivity contribution in [1.29, 1.82) is 0 Å². The zero-order valence-electron chi connectivity index (χ0n) is 16.2. The summed E-state index contributed by atoms with van der Waals surface area (Å²) in [5, 5.41) is 2.81. The van der Waals surface area contributed by atoms with Gasteiger partial charge in [0.05, 0.1) is 4.90 Å². The minimum Gasteiger partial charge on any atom is -0.322 e. The van der Waals surface area contributed by atoms with Gasteiger partial charge in [0.1, 0.15) is 0 Å². The molecular formula is C19H29N3O3S. The van der Waals surface area contributed by atoms with Gasteiger partial charge in [0.25, 0.3) is 0 Å².